The van der Waals surface area contributed by atoms with Crippen LogP contribution in [0.4, 0.5) is 0 Å². The van der Waals surface area contributed by atoms with Crippen LogP contribution in [0.3, 0.4) is 0 Å². The Morgan fingerprint density at radius 1 is 1.11 bits per heavy atom. The Labute approximate surface area is 118 Å². The van der Waals surface area contributed by atoms with Crippen LogP contribution < -0.4 is 0 Å². The van der Waals surface area contributed by atoms with Crippen molar-refractivity contribution in [2.45, 2.75) is 23.2 Å². The molecule has 18 heavy (non-hydrogen) atoms. The van der Waals surface area contributed by atoms with Gasteiger partial charge in [-0.15, -0.1) is 23.5 Å². The number of thioether (sulfide) groups is 2. The molecule has 4 heteroatoms. The van der Waals surface area contributed by atoms with Crippen LogP contribution in [0.1, 0.15) is 18.4 Å². The molecule has 0 spiro atoms. The fourth-order valence-electron chi connectivity index (χ4n) is 2.17. The van der Waals surface area contributed by atoms with Crippen molar-refractivity contribution >= 4 is 23.5 Å². The van der Waals surface area contributed by atoms with Gasteiger partial charge in [0.2, 0.25) is 0 Å². The summed E-state index contributed by atoms with van der Waals surface area (Å²) < 4.78 is 12.0. The van der Waals surface area contributed by atoms with Crippen molar-refractivity contribution in [3.63, 3.8) is 0 Å². The van der Waals surface area contributed by atoms with Gasteiger partial charge in [0, 0.05) is 26.2 Å². The summed E-state index contributed by atoms with van der Waals surface area (Å²) in [4.78, 5) is 0. The molecule has 0 unspecified atom stereocenters. The van der Waals surface area contributed by atoms with Gasteiger partial charge in [0.15, 0.2) is 5.79 Å². The van der Waals surface area contributed by atoms with E-state index in [1.165, 1.54) is 17.9 Å². The predicted molar refractivity (Wildman–Crippen MR) is 80.1 cm³/mol. The van der Waals surface area contributed by atoms with E-state index < -0.39 is 5.79 Å². The molecule has 0 radical (unpaired) electrons. The quantitative estimate of drug-likeness (QED) is 0.767. The summed E-state index contributed by atoms with van der Waals surface area (Å²) in [6.07, 6.45) is 2.20. The highest BCUT2D eigenvalue weighted by molar-refractivity contribution is 8.17. The lowest BCUT2D eigenvalue weighted by Gasteiger charge is -2.35. The van der Waals surface area contributed by atoms with Gasteiger partial charge in [-0.3, -0.25) is 0 Å². The van der Waals surface area contributed by atoms with E-state index in [2.05, 4.69) is 12.1 Å². The molecule has 1 aliphatic rings. The van der Waals surface area contributed by atoms with Gasteiger partial charge < -0.3 is 9.47 Å². The molecule has 1 heterocycles. The lowest BCUT2D eigenvalue weighted by Crippen LogP contribution is -2.34. The minimum atomic E-state index is -0.608. The Bertz CT molecular complexity index is 346. The van der Waals surface area contributed by atoms with Gasteiger partial charge in [0.25, 0.3) is 0 Å². The first kappa shape index (κ1) is 14.3. The van der Waals surface area contributed by atoms with Crippen molar-refractivity contribution in [1.82, 2.24) is 0 Å². The third-order valence-electron chi connectivity index (χ3n) is 3.20. The van der Waals surface area contributed by atoms with E-state index in [4.69, 9.17) is 9.47 Å². The van der Waals surface area contributed by atoms with Crippen LogP contribution in [0.25, 0.3) is 0 Å². The number of hydrogen-bond acceptors (Lipinski definition) is 4. The van der Waals surface area contributed by atoms with E-state index in [1.54, 1.807) is 14.2 Å². The zero-order valence-corrected chi connectivity index (χ0v) is 12.6. The molecule has 1 aliphatic heterocycles. The third-order valence-corrected chi connectivity index (χ3v) is 6.15. The summed E-state index contributed by atoms with van der Waals surface area (Å²) in [7, 11) is 3.46. The molecule has 0 bridgehead atoms. The van der Waals surface area contributed by atoms with Crippen molar-refractivity contribution in [1.29, 1.82) is 0 Å². The molecule has 1 fully saturated rings. The Morgan fingerprint density at radius 3 is 2.28 bits per heavy atom. The second-order valence-electron chi connectivity index (χ2n) is 4.26. The zero-order chi connectivity index (χ0) is 12.8. The smallest absolute Gasteiger partial charge is 0.196 e. The van der Waals surface area contributed by atoms with Gasteiger partial charge >= 0.3 is 0 Å². The average Bonchev–Trinajstić information content (AvgIpc) is 2.47. The molecule has 100 valence electrons. The second-order valence-corrected chi connectivity index (χ2v) is 7.18. The number of ether oxygens (including phenoxy) is 2. The highest BCUT2D eigenvalue weighted by atomic mass is 32.2. The van der Waals surface area contributed by atoms with Crippen LogP contribution in [0, 0.1) is 0 Å². The van der Waals surface area contributed by atoms with Crippen molar-refractivity contribution in [3.8, 4) is 0 Å². The molecule has 0 amide bonds. The Kier molecular flexibility index (Phi) is 5.42. The van der Waals surface area contributed by atoms with Gasteiger partial charge in [-0.25, -0.2) is 0 Å². The highest BCUT2D eigenvalue weighted by Crippen LogP contribution is 2.41. The molecule has 1 saturated heterocycles. The van der Waals surface area contributed by atoms with Gasteiger partial charge in [-0.1, -0.05) is 30.3 Å². The Balaban J connectivity index is 2.15. The molecule has 2 nitrogen and oxygen atoms in total. The van der Waals surface area contributed by atoms with Gasteiger partial charge in [-0.2, -0.15) is 0 Å². The Morgan fingerprint density at radius 2 is 1.72 bits per heavy atom. The Hall–Kier alpha value is -0.160. The van der Waals surface area contributed by atoms with Crippen molar-refractivity contribution in [3.05, 3.63) is 35.9 Å². The first-order chi connectivity index (χ1) is 8.80. The average molecular weight is 284 g/mol. The molecular weight excluding hydrogens is 264 g/mol. The van der Waals surface area contributed by atoms with E-state index in [1.807, 2.05) is 41.7 Å². The predicted octanol–water partition coefficient (Wildman–Crippen LogP) is 3.72. The molecule has 1 aromatic carbocycles. The largest absolute Gasteiger partial charge is 0.349 e. The van der Waals surface area contributed by atoms with E-state index in [0.717, 1.165) is 12.0 Å². The minimum Gasteiger partial charge on any atom is -0.349 e. The normalized spacial score (nSPS) is 17.9. The maximum absolute atomic E-state index is 5.73. The summed E-state index contributed by atoms with van der Waals surface area (Å²) in [5.41, 5.74) is 1.10. The number of benzene rings is 1. The van der Waals surface area contributed by atoms with Crippen LogP contribution >= 0.6 is 23.5 Å². The summed E-state index contributed by atoms with van der Waals surface area (Å²) >= 11 is 4.04. The second kappa shape index (κ2) is 6.85. The zero-order valence-electron chi connectivity index (χ0n) is 10.9. The van der Waals surface area contributed by atoms with Crippen LogP contribution in [0.2, 0.25) is 0 Å². The molecule has 1 aromatic rings. The fraction of sp³-hybridized carbons (Fsp3) is 0.571. The maximum Gasteiger partial charge on any atom is 0.196 e. The standard InChI is InChI=1S/C14H20O2S2/c1-15-14(16-2,12-7-4-3-5-8-12)11-13-17-9-6-10-18-13/h3-5,7-8,13H,6,9-11H2,1-2H3. The fourth-order valence-corrected chi connectivity index (χ4v) is 5.14. The monoisotopic (exact) mass is 284 g/mol. The lowest BCUT2D eigenvalue weighted by atomic mass is 10.0. The molecule has 0 aromatic heterocycles. The van der Waals surface area contributed by atoms with Gasteiger partial charge in [0.05, 0.1) is 4.58 Å². The first-order valence-corrected chi connectivity index (χ1v) is 8.29. The van der Waals surface area contributed by atoms with Crippen LogP contribution in [-0.2, 0) is 15.3 Å². The molecular formula is C14H20O2S2. The number of hydrogen-bond donors (Lipinski definition) is 0. The molecule has 0 aliphatic carbocycles. The summed E-state index contributed by atoms with van der Waals surface area (Å²) in [5.74, 6) is 1.88. The lowest BCUT2D eigenvalue weighted by molar-refractivity contribution is -0.217. The summed E-state index contributed by atoms with van der Waals surface area (Å²) in [6, 6.07) is 10.2. The molecule has 0 saturated carbocycles. The van der Waals surface area contributed by atoms with Gasteiger partial charge in [-0.05, 0) is 17.9 Å². The van der Waals surface area contributed by atoms with Crippen molar-refractivity contribution in [2.24, 2.45) is 0 Å². The van der Waals surface area contributed by atoms with Crippen molar-refractivity contribution in [2.75, 3.05) is 25.7 Å². The van der Waals surface area contributed by atoms with E-state index in [9.17, 15) is 0 Å². The molecule has 0 atom stereocenters. The van der Waals surface area contributed by atoms with Crippen LogP contribution in [0.15, 0.2) is 30.3 Å². The highest BCUT2D eigenvalue weighted by Gasteiger charge is 2.36. The molecule has 0 N–H and O–H groups in total. The maximum atomic E-state index is 5.73. The first-order valence-electron chi connectivity index (χ1n) is 6.20. The van der Waals surface area contributed by atoms with Crippen LogP contribution in [0.5, 0.6) is 0 Å². The van der Waals surface area contributed by atoms with E-state index >= 15 is 0 Å². The van der Waals surface area contributed by atoms with E-state index in [0.29, 0.717) is 4.58 Å². The van der Waals surface area contributed by atoms with E-state index in [-0.39, 0.29) is 0 Å². The van der Waals surface area contributed by atoms with Crippen molar-refractivity contribution < 1.29 is 9.47 Å². The third kappa shape index (κ3) is 3.23. The summed E-state index contributed by atoms with van der Waals surface area (Å²) in [6.45, 7) is 0. The minimum absolute atomic E-state index is 0.554. The molecule has 2 rings (SSSR count). The van der Waals surface area contributed by atoms with Gasteiger partial charge in [0.1, 0.15) is 0 Å². The topological polar surface area (TPSA) is 18.5 Å². The van der Waals surface area contributed by atoms with Crippen LogP contribution in [-0.4, -0.2) is 30.3 Å². The number of rotatable bonds is 5. The number of methoxy groups -OCH3 is 2. The SMILES string of the molecule is COC(CC1SCCCS1)(OC)c1ccccc1. The summed E-state index contributed by atoms with van der Waals surface area (Å²) in [5, 5.41) is 0.